The highest BCUT2D eigenvalue weighted by atomic mass is 35.5. The van der Waals surface area contributed by atoms with Gasteiger partial charge in [-0.05, 0) is 36.4 Å². The molecule has 1 amide bonds. The maximum absolute atomic E-state index is 12.2. The summed E-state index contributed by atoms with van der Waals surface area (Å²) in [5, 5.41) is 5.12. The third kappa shape index (κ3) is 5.50. The Balaban J connectivity index is 1.75. The summed E-state index contributed by atoms with van der Waals surface area (Å²) in [4.78, 5) is 12.2. The molecule has 3 aromatic rings. The van der Waals surface area contributed by atoms with Crippen molar-refractivity contribution in [1.29, 1.82) is 0 Å². The minimum Gasteiger partial charge on any atom is -0.493 e. The molecular formula is C22H18Cl2N2O3. The van der Waals surface area contributed by atoms with Gasteiger partial charge in [0, 0.05) is 26.7 Å². The fourth-order valence-electron chi connectivity index (χ4n) is 2.57. The number of para-hydroxylation sites is 1. The Hall–Kier alpha value is -3.02. The van der Waals surface area contributed by atoms with E-state index < -0.39 is 0 Å². The summed E-state index contributed by atoms with van der Waals surface area (Å²) in [5.74, 6) is 0.669. The molecule has 0 heterocycles. The Kier molecular flexibility index (Phi) is 7.11. The molecule has 0 aliphatic rings. The van der Waals surface area contributed by atoms with Crippen LogP contribution in [0.5, 0.6) is 11.5 Å². The zero-order valence-electron chi connectivity index (χ0n) is 15.6. The van der Waals surface area contributed by atoms with E-state index in [0.29, 0.717) is 32.7 Å². The first-order valence-corrected chi connectivity index (χ1v) is 9.46. The number of carbonyl (C=O) groups is 1. The first-order chi connectivity index (χ1) is 14.1. The third-order valence-electron chi connectivity index (χ3n) is 4.02. The van der Waals surface area contributed by atoms with Gasteiger partial charge in [0.25, 0.3) is 5.91 Å². The van der Waals surface area contributed by atoms with Crippen molar-refractivity contribution in [3.05, 3.63) is 93.5 Å². The van der Waals surface area contributed by atoms with Crippen LogP contribution in [0.3, 0.4) is 0 Å². The van der Waals surface area contributed by atoms with Gasteiger partial charge in [-0.15, -0.1) is 0 Å². The van der Waals surface area contributed by atoms with Crippen LogP contribution in [0, 0.1) is 0 Å². The van der Waals surface area contributed by atoms with Crippen molar-refractivity contribution in [3.8, 4) is 11.5 Å². The lowest BCUT2D eigenvalue weighted by atomic mass is 10.2. The molecule has 29 heavy (non-hydrogen) atoms. The molecule has 0 atom stereocenters. The summed E-state index contributed by atoms with van der Waals surface area (Å²) in [7, 11) is 1.56. The largest absolute Gasteiger partial charge is 0.493 e. The van der Waals surface area contributed by atoms with Crippen LogP contribution < -0.4 is 14.9 Å². The number of methoxy groups -OCH3 is 1. The number of hydrogen-bond acceptors (Lipinski definition) is 4. The van der Waals surface area contributed by atoms with Gasteiger partial charge < -0.3 is 9.47 Å². The highest BCUT2D eigenvalue weighted by Crippen LogP contribution is 2.31. The van der Waals surface area contributed by atoms with Crippen LogP contribution in [0.4, 0.5) is 0 Å². The molecule has 7 heteroatoms. The van der Waals surface area contributed by atoms with Crippen molar-refractivity contribution >= 4 is 35.3 Å². The predicted molar refractivity (Wildman–Crippen MR) is 115 cm³/mol. The van der Waals surface area contributed by atoms with Gasteiger partial charge >= 0.3 is 0 Å². The maximum Gasteiger partial charge on any atom is 0.271 e. The van der Waals surface area contributed by atoms with E-state index in [2.05, 4.69) is 10.5 Å². The SMILES string of the molecule is COc1cccc(/C=N\NC(=O)c2cccc(Cl)c2)c1OCc1ccccc1Cl. The van der Waals surface area contributed by atoms with Gasteiger partial charge in [0.1, 0.15) is 6.61 Å². The highest BCUT2D eigenvalue weighted by molar-refractivity contribution is 6.31. The second-order valence-electron chi connectivity index (χ2n) is 5.97. The summed E-state index contributed by atoms with van der Waals surface area (Å²) in [6, 6.07) is 19.4. The first-order valence-electron chi connectivity index (χ1n) is 8.70. The minimum atomic E-state index is -0.370. The van der Waals surface area contributed by atoms with Crippen molar-refractivity contribution in [2.75, 3.05) is 7.11 Å². The fraction of sp³-hybridized carbons (Fsp3) is 0.0909. The third-order valence-corrected chi connectivity index (χ3v) is 4.62. The molecule has 0 aliphatic carbocycles. The second-order valence-corrected chi connectivity index (χ2v) is 6.81. The number of carbonyl (C=O) groups excluding carboxylic acids is 1. The summed E-state index contributed by atoms with van der Waals surface area (Å²) in [6.07, 6.45) is 1.49. The van der Waals surface area contributed by atoms with Crippen LogP contribution >= 0.6 is 23.2 Å². The standard InChI is InChI=1S/C22H18Cl2N2O3/c1-28-20-11-5-8-16(21(20)29-14-17-6-2-3-10-19(17)24)13-25-26-22(27)15-7-4-9-18(23)12-15/h2-13H,14H2,1H3,(H,26,27)/b25-13-. The van der Waals surface area contributed by atoms with Crippen molar-refractivity contribution < 1.29 is 14.3 Å². The zero-order valence-corrected chi connectivity index (χ0v) is 17.1. The molecular weight excluding hydrogens is 411 g/mol. The van der Waals surface area contributed by atoms with Gasteiger partial charge in [0.2, 0.25) is 0 Å². The van der Waals surface area contributed by atoms with E-state index in [9.17, 15) is 4.79 Å². The lowest BCUT2D eigenvalue weighted by Crippen LogP contribution is -2.17. The van der Waals surface area contributed by atoms with Gasteiger partial charge in [-0.1, -0.05) is 53.5 Å². The first kappa shape index (κ1) is 20.7. The van der Waals surface area contributed by atoms with Gasteiger partial charge in [0.15, 0.2) is 11.5 Å². The van der Waals surface area contributed by atoms with Crippen LogP contribution in [0.2, 0.25) is 10.0 Å². The molecule has 0 saturated carbocycles. The van der Waals surface area contributed by atoms with E-state index in [-0.39, 0.29) is 12.5 Å². The lowest BCUT2D eigenvalue weighted by Gasteiger charge is -2.13. The van der Waals surface area contributed by atoms with Crippen LogP contribution in [0.1, 0.15) is 21.5 Å². The average molecular weight is 429 g/mol. The molecule has 0 unspecified atom stereocenters. The van der Waals surface area contributed by atoms with Crippen molar-refractivity contribution in [1.82, 2.24) is 5.43 Å². The normalized spacial score (nSPS) is 10.7. The molecule has 0 bridgehead atoms. The van der Waals surface area contributed by atoms with Crippen LogP contribution in [0.25, 0.3) is 0 Å². The van der Waals surface area contributed by atoms with E-state index in [1.807, 2.05) is 18.2 Å². The average Bonchev–Trinajstić information content (AvgIpc) is 2.73. The molecule has 1 N–H and O–H groups in total. The van der Waals surface area contributed by atoms with Gasteiger partial charge in [-0.3, -0.25) is 4.79 Å². The van der Waals surface area contributed by atoms with E-state index in [4.69, 9.17) is 32.7 Å². The van der Waals surface area contributed by atoms with Gasteiger partial charge in [-0.2, -0.15) is 5.10 Å². The van der Waals surface area contributed by atoms with E-state index >= 15 is 0 Å². The molecule has 5 nitrogen and oxygen atoms in total. The molecule has 0 saturated heterocycles. The van der Waals surface area contributed by atoms with Crippen molar-refractivity contribution in [3.63, 3.8) is 0 Å². The number of halogens is 2. The summed E-state index contributed by atoms with van der Waals surface area (Å²) < 4.78 is 11.3. The smallest absolute Gasteiger partial charge is 0.271 e. The van der Waals surface area contributed by atoms with Crippen LogP contribution in [-0.2, 0) is 6.61 Å². The molecule has 148 valence electrons. The molecule has 3 rings (SSSR count). The number of hydrazone groups is 1. The molecule has 0 radical (unpaired) electrons. The highest BCUT2D eigenvalue weighted by Gasteiger charge is 2.11. The number of benzene rings is 3. The predicted octanol–water partition coefficient (Wildman–Crippen LogP) is 5.34. The quantitative estimate of drug-likeness (QED) is 0.407. The van der Waals surface area contributed by atoms with Crippen LogP contribution in [0.15, 0.2) is 71.8 Å². The Morgan fingerprint density at radius 1 is 1.07 bits per heavy atom. The van der Waals surface area contributed by atoms with Gasteiger partial charge in [-0.25, -0.2) is 5.43 Å². The monoisotopic (exact) mass is 428 g/mol. The summed E-state index contributed by atoms with van der Waals surface area (Å²) >= 11 is 12.1. The zero-order chi connectivity index (χ0) is 20.6. The maximum atomic E-state index is 12.2. The topological polar surface area (TPSA) is 59.9 Å². The number of amides is 1. The molecule has 0 aromatic heterocycles. The summed E-state index contributed by atoms with van der Waals surface area (Å²) in [5.41, 5.74) is 4.38. The Morgan fingerprint density at radius 3 is 2.62 bits per heavy atom. The number of nitrogens with one attached hydrogen (secondary N) is 1. The van der Waals surface area contributed by atoms with E-state index in [1.54, 1.807) is 55.6 Å². The van der Waals surface area contributed by atoms with Crippen LogP contribution in [-0.4, -0.2) is 19.2 Å². The van der Waals surface area contributed by atoms with Crippen molar-refractivity contribution in [2.24, 2.45) is 5.10 Å². The summed E-state index contributed by atoms with van der Waals surface area (Å²) in [6.45, 7) is 0.260. The van der Waals surface area contributed by atoms with Crippen molar-refractivity contribution in [2.45, 2.75) is 6.61 Å². The molecule has 0 aliphatic heterocycles. The van der Waals surface area contributed by atoms with E-state index in [1.165, 1.54) is 6.21 Å². The number of rotatable bonds is 7. The molecule has 0 fully saturated rings. The number of nitrogens with zero attached hydrogens (tertiary/aromatic N) is 1. The van der Waals surface area contributed by atoms with E-state index in [0.717, 1.165) is 5.56 Å². The Bertz CT molecular complexity index is 1040. The fourth-order valence-corrected chi connectivity index (χ4v) is 2.95. The minimum absolute atomic E-state index is 0.260. The lowest BCUT2D eigenvalue weighted by molar-refractivity contribution is 0.0955. The number of hydrogen-bond donors (Lipinski definition) is 1. The molecule has 3 aromatic carbocycles. The Labute approximate surface area is 178 Å². The second kappa shape index (κ2) is 9.96. The molecule has 0 spiro atoms. The van der Waals surface area contributed by atoms with Gasteiger partial charge in [0.05, 0.1) is 13.3 Å². The number of ether oxygens (including phenoxy) is 2. The Morgan fingerprint density at radius 2 is 1.86 bits per heavy atom.